The summed E-state index contributed by atoms with van der Waals surface area (Å²) in [5.74, 6) is 1.35. The van der Waals surface area contributed by atoms with Gasteiger partial charge in [-0.3, -0.25) is 9.47 Å². The van der Waals surface area contributed by atoms with Gasteiger partial charge in [-0.1, -0.05) is 26.8 Å². The van der Waals surface area contributed by atoms with Crippen molar-refractivity contribution < 1.29 is 28.1 Å². The van der Waals surface area contributed by atoms with E-state index in [4.69, 9.17) is 15.5 Å². The largest absolute Gasteiger partial charge is 0.401 e. The molecule has 5 N–H and O–H groups in total. The molecule has 3 atom stereocenters. The molecular weight excluding hydrogens is 563 g/mol. The van der Waals surface area contributed by atoms with E-state index in [0.29, 0.717) is 30.3 Å². The minimum Gasteiger partial charge on any atom is -0.385 e. The number of aliphatic hydroxyl groups excluding tert-OH is 1. The van der Waals surface area contributed by atoms with Crippen molar-refractivity contribution in [3.8, 4) is 0 Å². The monoisotopic (exact) mass is 601 g/mol. The lowest BCUT2D eigenvalue weighted by Crippen LogP contribution is -2.54. The van der Waals surface area contributed by atoms with E-state index in [-0.39, 0.29) is 36.3 Å². The van der Waals surface area contributed by atoms with E-state index in [1.54, 1.807) is 6.07 Å². The minimum absolute atomic E-state index is 0.0288. The number of hydrogen-bond acceptors (Lipinski definition) is 8. The van der Waals surface area contributed by atoms with E-state index in [9.17, 15) is 23.4 Å². The molecule has 13 heteroatoms. The van der Waals surface area contributed by atoms with E-state index >= 15 is 0 Å². The lowest BCUT2D eigenvalue weighted by Gasteiger charge is -2.44. The average Bonchev–Trinajstić information content (AvgIpc) is 3.59. The number of imidazole rings is 1. The Morgan fingerprint density at radius 2 is 1.95 bits per heavy atom. The molecule has 232 valence electrons. The van der Waals surface area contributed by atoms with Crippen molar-refractivity contribution in [1.29, 1.82) is 0 Å². The van der Waals surface area contributed by atoms with Gasteiger partial charge >= 0.3 is 6.18 Å². The van der Waals surface area contributed by atoms with Crippen molar-refractivity contribution in [2.75, 3.05) is 25.4 Å². The number of nitrogen functional groups attached to an aromatic ring is 1. The number of aromatic nitrogens is 5. The Morgan fingerprint density at radius 1 is 1.19 bits per heavy atom. The Morgan fingerprint density at radius 3 is 2.67 bits per heavy atom. The zero-order chi connectivity index (χ0) is 30.7. The molecule has 10 nitrogen and oxygen atoms in total. The van der Waals surface area contributed by atoms with Crippen LogP contribution in [0.15, 0.2) is 36.8 Å². The topological polar surface area (TPSA) is 138 Å². The molecule has 0 bridgehead atoms. The molecule has 43 heavy (non-hydrogen) atoms. The lowest BCUT2D eigenvalue weighted by atomic mass is 9.76. The third-order valence-corrected chi connectivity index (χ3v) is 8.98. The van der Waals surface area contributed by atoms with Gasteiger partial charge in [0.05, 0.1) is 29.6 Å². The number of aryl methyl sites for hydroxylation is 1. The summed E-state index contributed by atoms with van der Waals surface area (Å²) in [6, 6.07) is 7.55. The Kier molecular flexibility index (Phi) is 7.43. The maximum atomic E-state index is 13.6. The number of nitrogens with one attached hydrogen (secondary N) is 1. The normalized spacial score (nSPS) is 26.5. The zero-order valence-corrected chi connectivity index (χ0v) is 24.5. The Hall–Kier alpha value is -3.26. The van der Waals surface area contributed by atoms with Crippen molar-refractivity contribution in [2.45, 2.75) is 82.0 Å². The number of fused-ring (bicyclic) bond motifs is 2. The van der Waals surface area contributed by atoms with Gasteiger partial charge in [-0.25, -0.2) is 15.0 Å². The first kappa shape index (κ1) is 29.8. The molecule has 1 aliphatic heterocycles. The number of halogens is 3. The number of rotatable bonds is 8. The van der Waals surface area contributed by atoms with Crippen LogP contribution in [0.3, 0.4) is 0 Å². The number of aromatic amines is 1. The summed E-state index contributed by atoms with van der Waals surface area (Å²) in [7, 11) is 0. The van der Waals surface area contributed by atoms with Crippen LogP contribution in [0.4, 0.5) is 19.0 Å². The zero-order valence-electron chi connectivity index (χ0n) is 24.5. The van der Waals surface area contributed by atoms with Gasteiger partial charge < -0.3 is 25.7 Å². The Balaban J connectivity index is 1.09. The van der Waals surface area contributed by atoms with E-state index in [2.05, 4.69) is 47.9 Å². The Labute approximate surface area is 247 Å². The second-order valence-electron chi connectivity index (χ2n) is 13.1. The van der Waals surface area contributed by atoms with Gasteiger partial charge in [0.1, 0.15) is 35.8 Å². The molecule has 1 saturated carbocycles. The molecular formula is C30H38F3N7O3. The first-order valence-electron chi connectivity index (χ1n) is 14.6. The number of benzene rings is 1. The number of anilines is 1. The summed E-state index contributed by atoms with van der Waals surface area (Å²) in [5.41, 5.74) is 7.42. The molecule has 4 heterocycles. The van der Waals surface area contributed by atoms with Crippen LogP contribution in [-0.4, -0.2) is 83.7 Å². The molecule has 3 aromatic heterocycles. The number of alkyl halides is 3. The van der Waals surface area contributed by atoms with Crippen LogP contribution in [-0.2, 0) is 22.3 Å². The summed E-state index contributed by atoms with van der Waals surface area (Å²) >= 11 is 0. The number of nitrogens with two attached hydrogens (primary N) is 1. The maximum Gasteiger partial charge on any atom is 0.401 e. The predicted molar refractivity (Wildman–Crippen MR) is 155 cm³/mol. The highest BCUT2D eigenvalue weighted by molar-refractivity contribution is 5.86. The standard InChI is InChI=1S/C30H38F3N7O3/c1-28(2,3)18-5-6-21-22(12-18)38-24(37-21)7-4-17-10-19(11-17)39(14-30(31,32)33)13-23-25(41)29(42,15-43-23)40-9-8-20-26(34)35-16-36-27(20)40/h5-6,8-9,12,16-17,19,23,25,41-42H,4,7,10-11,13-15H2,1-3H3,(H,37,38)(H2,34,35,36). The highest BCUT2D eigenvalue weighted by Gasteiger charge is 2.52. The molecule has 2 aliphatic rings. The van der Waals surface area contributed by atoms with Crippen molar-refractivity contribution in [3.63, 3.8) is 0 Å². The van der Waals surface area contributed by atoms with Gasteiger partial charge in [0.15, 0.2) is 5.72 Å². The van der Waals surface area contributed by atoms with Crippen LogP contribution in [0, 0.1) is 5.92 Å². The molecule has 3 unspecified atom stereocenters. The van der Waals surface area contributed by atoms with Gasteiger partial charge in [-0.2, -0.15) is 13.2 Å². The third kappa shape index (κ3) is 5.83. The van der Waals surface area contributed by atoms with E-state index in [1.807, 2.05) is 6.07 Å². The molecule has 2 fully saturated rings. The molecule has 0 spiro atoms. The third-order valence-electron chi connectivity index (χ3n) is 8.98. The summed E-state index contributed by atoms with van der Waals surface area (Å²) in [6.07, 6.45) is -1.44. The van der Waals surface area contributed by atoms with Crippen molar-refractivity contribution in [3.05, 3.63) is 48.2 Å². The quantitative estimate of drug-likeness (QED) is 0.239. The fourth-order valence-electron chi connectivity index (χ4n) is 6.38. The average molecular weight is 602 g/mol. The van der Waals surface area contributed by atoms with Crippen LogP contribution in [0.5, 0.6) is 0 Å². The number of hydrogen-bond donors (Lipinski definition) is 4. The number of nitrogens with zero attached hydrogens (tertiary/aromatic N) is 5. The molecule has 6 rings (SSSR count). The van der Waals surface area contributed by atoms with E-state index < -0.39 is 30.7 Å². The maximum absolute atomic E-state index is 13.6. The molecule has 1 saturated heterocycles. The fourth-order valence-corrected chi connectivity index (χ4v) is 6.38. The second-order valence-corrected chi connectivity index (χ2v) is 13.1. The number of H-pyrrole nitrogens is 1. The van der Waals surface area contributed by atoms with Crippen LogP contribution in [0.25, 0.3) is 22.1 Å². The molecule has 0 radical (unpaired) electrons. The first-order chi connectivity index (χ1) is 20.2. The second kappa shape index (κ2) is 10.7. The number of aliphatic hydroxyl groups is 2. The Bertz CT molecular complexity index is 1610. The SMILES string of the molecule is CC(C)(C)c1ccc2nc(CCC3CC(N(CC4OCC(O)(n5ccc6c(N)ncnc65)C4O)CC(F)(F)F)C3)[nH]c2c1. The first-order valence-corrected chi connectivity index (χ1v) is 14.6. The van der Waals surface area contributed by atoms with Gasteiger partial charge in [0.2, 0.25) is 0 Å². The van der Waals surface area contributed by atoms with Gasteiger partial charge in [-0.15, -0.1) is 0 Å². The summed E-state index contributed by atoms with van der Waals surface area (Å²) in [5, 5.41) is 23.0. The summed E-state index contributed by atoms with van der Waals surface area (Å²) in [4.78, 5) is 17.5. The van der Waals surface area contributed by atoms with Crippen LogP contribution in [0.2, 0.25) is 0 Å². The highest BCUT2D eigenvalue weighted by atomic mass is 19.4. The smallest absolute Gasteiger partial charge is 0.385 e. The minimum atomic E-state index is -4.42. The molecule has 0 amide bonds. The summed E-state index contributed by atoms with van der Waals surface area (Å²) < 4.78 is 47.9. The highest BCUT2D eigenvalue weighted by Crippen LogP contribution is 2.39. The van der Waals surface area contributed by atoms with E-state index in [0.717, 1.165) is 23.3 Å². The lowest BCUT2D eigenvalue weighted by molar-refractivity contribution is -0.163. The van der Waals surface area contributed by atoms with Gasteiger partial charge in [0, 0.05) is 25.2 Å². The van der Waals surface area contributed by atoms with Crippen molar-refractivity contribution >= 4 is 27.9 Å². The van der Waals surface area contributed by atoms with Gasteiger partial charge in [0.25, 0.3) is 0 Å². The van der Waals surface area contributed by atoms with E-state index in [1.165, 1.54) is 27.6 Å². The van der Waals surface area contributed by atoms with Crippen LogP contribution in [0.1, 0.15) is 51.4 Å². The van der Waals surface area contributed by atoms with Crippen LogP contribution >= 0.6 is 0 Å². The summed E-state index contributed by atoms with van der Waals surface area (Å²) in [6.45, 7) is 4.89. The van der Waals surface area contributed by atoms with Crippen molar-refractivity contribution in [2.24, 2.45) is 5.92 Å². The van der Waals surface area contributed by atoms with Crippen LogP contribution < -0.4 is 5.73 Å². The van der Waals surface area contributed by atoms with Crippen molar-refractivity contribution in [1.82, 2.24) is 29.4 Å². The molecule has 1 aromatic carbocycles. The predicted octanol–water partition coefficient (Wildman–Crippen LogP) is 3.87. The van der Waals surface area contributed by atoms with Gasteiger partial charge in [-0.05, 0) is 54.4 Å². The molecule has 4 aromatic rings. The molecule has 1 aliphatic carbocycles. The fraction of sp³-hybridized carbons (Fsp3) is 0.567. The number of ether oxygens (including phenoxy) is 1.